The lowest BCUT2D eigenvalue weighted by Gasteiger charge is -2.17. The SMILES string of the molecule is COc1cccc(NC(=S)/N=C2/CCN(c3ccccc3)N2)c1. The third-order valence-electron chi connectivity index (χ3n) is 3.46. The van der Waals surface area contributed by atoms with Crippen molar-refractivity contribution in [3.8, 4) is 5.75 Å². The van der Waals surface area contributed by atoms with Crippen molar-refractivity contribution in [2.24, 2.45) is 4.99 Å². The Kier molecular flexibility index (Phi) is 4.73. The Morgan fingerprint density at radius 3 is 2.83 bits per heavy atom. The van der Waals surface area contributed by atoms with Crippen molar-refractivity contribution in [2.75, 3.05) is 24.0 Å². The van der Waals surface area contributed by atoms with Gasteiger partial charge in [0.25, 0.3) is 0 Å². The van der Waals surface area contributed by atoms with Crippen LogP contribution in [0.5, 0.6) is 5.75 Å². The standard InChI is InChI=1S/C17H18N4OS/c1-22-15-9-5-6-13(12-15)18-17(23)19-16-10-11-21(20-16)14-7-3-2-4-8-14/h2-9,12H,10-11H2,1H3,(H2,18,19,20,23). The Balaban J connectivity index is 1.62. The number of para-hydroxylation sites is 1. The van der Waals surface area contributed by atoms with E-state index < -0.39 is 0 Å². The lowest BCUT2D eigenvalue weighted by Crippen LogP contribution is -2.33. The maximum absolute atomic E-state index is 5.31. The van der Waals surface area contributed by atoms with Gasteiger partial charge in [0.05, 0.1) is 12.8 Å². The fraction of sp³-hybridized carbons (Fsp3) is 0.176. The van der Waals surface area contributed by atoms with Gasteiger partial charge in [0.15, 0.2) is 5.11 Å². The molecule has 0 bridgehead atoms. The number of aliphatic imine (C=N–C) groups is 1. The second kappa shape index (κ2) is 7.11. The summed E-state index contributed by atoms with van der Waals surface area (Å²) in [6, 6.07) is 17.7. The molecule has 6 heteroatoms. The van der Waals surface area contributed by atoms with Gasteiger partial charge in [-0.1, -0.05) is 24.3 Å². The highest BCUT2D eigenvalue weighted by molar-refractivity contribution is 7.80. The smallest absolute Gasteiger partial charge is 0.198 e. The highest BCUT2D eigenvalue weighted by Gasteiger charge is 2.17. The zero-order chi connectivity index (χ0) is 16.1. The molecule has 0 atom stereocenters. The molecule has 118 valence electrons. The number of hydrogen-bond donors (Lipinski definition) is 2. The zero-order valence-electron chi connectivity index (χ0n) is 12.8. The first kappa shape index (κ1) is 15.3. The molecule has 2 N–H and O–H groups in total. The summed E-state index contributed by atoms with van der Waals surface area (Å²) in [6.07, 6.45) is 0.828. The van der Waals surface area contributed by atoms with E-state index in [1.165, 1.54) is 0 Å². The minimum absolute atomic E-state index is 0.427. The van der Waals surface area contributed by atoms with Crippen molar-refractivity contribution in [3.05, 3.63) is 54.6 Å². The number of benzene rings is 2. The van der Waals surface area contributed by atoms with E-state index in [9.17, 15) is 0 Å². The molecule has 2 aromatic carbocycles. The van der Waals surface area contributed by atoms with Crippen LogP contribution in [0.25, 0.3) is 0 Å². The summed E-state index contributed by atoms with van der Waals surface area (Å²) in [6.45, 7) is 0.866. The van der Waals surface area contributed by atoms with Crippen molar-refractivity contribution < 1.29 is 4.74 Å². The van der Waals surface area contributed by atoms with E-state index in [2.05, 4.69) is 32.9 Å². The van der Waals surface area contributed by atoms with Gasteiger partial charge >= 0.3 is 0 Å². The summed E-state index contributed by atoms with van der Waals surface area (Å²) in [5, 5.41) is 5.59. The van der Waals surface area contributed by atoms with Crippen LogP contribution in [0.2, 0.25) is 0 Å². The average Bonchev–Trinajstić information content (AvgIpc) is 3.04. The third-order valence-corrected chi connectivity index (χ3v) is 3.65. The lowest BCUT2D eigenvalue weighted by molar-refractivity contribution is 0.415. The van der Waals surface area contributed by atoms with E-state index in [0.717, 1.165) is 35.9 Å². The maximum Gasteiger partial charge on any atom is 0.198 e. The Morgan fingerprint density at radius 2 is 2.04 bits per heavy atom. The number of hydrazine groups is 1. The first-order valence-electron chi connectivity index (χ1n) is 7.36. The van der Waals surface area contributed by atoms with Crippen molar-refractivity contribution in [3.63, 3.8) is 0 Å². The van der Waals surface area contributed by atoms with Crippen molar-refractivity contribution in [2.45, 2.75) is 6.42 Å². The second-order valence-corrected chi connectivity index (χ2v) is 5.46. The minimum Gasteiger partial charge on any atom is -0.497 e. The molecule has 0 radical (unpaired) electrons. The molecule has 0 amide bonds. The molecule has 23 heavy (non-hydrogen) atoms. The van der Waals surface area contributed by atoms with E-state index in [1.807, 2.05) is 42.5 Å². The summed E-state index contributed by atoms with van der Waals surface area (Å²) in [7, 11) is 1.64. The summed E-state index contributed by atoms with van der Waals surface area (Å²) < 4.78 is 5.19. The number of nitrogens with zero attached hydrogens (tertiary/aromatic N) is 2. The van der Waals surface area contributed by atoms with Gasteiger partial charge in [0.2, 0.25) is 0 Å². The van der Waals surface area contributed by atoms with E-state index in [0.29, 0.717) is 5.11 Å². The van der Waals surface area contributed by atoms with E-state index in [1.54, 1.807) is 7.11 Å². The molecular formula is C17H18N4OS. The van der Waals surface area contributed by atoms with Gasteiger partial charge in [-0.15, -0.1) is 0 Å². The van der Waals surface area contributed by atoms with Crippen molar-refractivity contribution in [1.29, 1.82) is 0 Å². The molecule has 1 aliphatic heterocycles. The molecule has 0 unspecified atom stereocenters. The predicted octanol–water partition coefficient (Wildman–Crippen LogP) is 3.21. The number of hydrogen-bond acceptors (Lipinski definition) is 3. The van der Waals surface area contributed by atoms with Crippen molar-refractivity contribution in [1.82, 2.24) is 5.43 Å². The molecule has 0 spiro atoms. The number of nitrogens with one attached hydrogen (secondary N) is 2. The number of thiocarbonyl (C=S) groups is 1. The molecule has 1 fully saturated rings. The molecule has 1 saturated heterocycles. The quantitative estimate of drug-likeness (QED) is 0.848. The Bertz CT molecular complexity index is 718. The number of anilines is 2. The molecule has 2 aromatic rings. The van der Waals surface area contributed by atoms with Crippen LogP contribution < -0.4 is 20.5 Å². The zero-order valence-corrected chi connectivity index (χ0v) is 13.6. The second-order valence-electron chi connectivity index (χ2n) is 5.07. The number of ether oxygens (including phenoxy) is 1. The molecule has 1 aliphatic rings. The molecular weight excluding hydrogens is 308 g/mol. The highest BCUT2D eigenvalue weighted by atomic mass is 32.1. The fourth-order valence-electron chi connectivity index (χ4n) is 2.34. The first-order valence-corrected chi connectivity index (χ1v) is 7.77. The van der Waals surface area contributed by atoms with Crippen LogP contribution in [0.4, 0.5) is 11.4 Å². The van der Waals surface area contributed by atoms with Gasteiger partial charge < -0.3 is 10.1 Å². The maximum atomic E-state index is 5.31. The van der Waals surface area contributed by atoms with Crippen molar-refractivity contribution >= 4 is 34.5 Å². The van der Waals surface area contributed by atoms with Crippen LogP contribution >= 0.6 is 12.2 Å². The lowest BCUT2D eigenvalue weighted by atomic mass is 10.3. The predicted molar refractivity (Wildman–Crippen MR) is 98.2 cm³/mol. The topological polar surface area (TPSA) is 48.9 Å². The minimum atomic E-state index is 0.427. The van der Waals surface area contributed by atoms with Crippen LogP contribution in [-0.4, -0.2) is 24.6 Å². The summed E-state index contributed by atoms with van der Waals surface area (Å²) in [5.41, 5.74) is 5.25. The molecule has 3 rings (SSSR count). The normalized spacial score (nSPS) is 15.3. The first-order chi connectivity index (χ1) is 11.2. The van der Waals surface area contributed by atoms with Gasteiger partial charge in [0, 0.05) is 24.7 Å². The molecule has 5 nitrogen and oxygen atoms in total. The number of methoxy groups -OCH3 is 1. The van der Waals surface area contributed by atoms with Gasteiger partial charge in [0.1, 0.15) is 11.6 Å². The Hall–Kier alpha value is -2.60. The van der Waals surface area contributed by atoms with Crippen LogP contribution in [-0.2, 0) is 0 Å². The van der Waals surface area contributed by atoms with Gasteiger partial charge in [-0.2, -0.15) is 0 Å². The van der Waals surface area contributed by atoms with Crippen LogP contribution in [0, 0.1) is 0 Å². The fourth-order valence-corrected chi connectivity index (χ4v) is 2.57. The van der Waals surface area contributed by atoms with Gasteiger partial charge in [-0.25, -0.2) is 4.99 Å². The number of rotatable bonds is 3. The van der Waals surface area contributed by atoms with E-state index in [4.69, 9.17) is 17.0 Å². The molecule has 1 heterocycles. The highest BCUT2D eigenvalue weighted by Crippen LogP contribution is 2.18. The Labute approximate surface area is 141 Å². The van der Waals surface area contributed by atoms with Crippen LogP contribution in [0.15, 0.2) is 59.6 Å². The summed E-state index contributed by atoms with van der Waals surface area (Å²) in [5.74, 6) is 1.63. The summed E-state index contributed by atoms with van der Waals surface area (Å²) >= 11 is 5.31. The molecule has 0 saturated carbocycles. The third kappa shape index (κ3) is 3.98. The van der Waals surface area contributed by atoms with E-state index in [-0.39, 0.29) is 0 Å². The van der Waals surface area contributed by atoms with Crippen LogP contribution in [0.3, 0.4) is 0 Å². The molecule has 0 aromatic heterocycles. The Morgan fingerprint density at radius 1 is 1.22 bits per heavy atom. The van der Waals surface area contributed by atoms with Gasteiger partial charge in [-0.3, -0.25) is 10.4 Å². The van der Waals surface area contributed by atoms with Gasteiger partial charge in [-0.05, 0) is 36.5 Å². The number of amidine groups is 1. The van der Waals surface area contributed by atoms with E-state index >= 15 is 0 Å². The average molecular weight is 326 g/mol. The summed E-state index contributed by atoms with van der Waals surface area (Å²) in [4.78, 5) is 4.45. The molecule has 0 aliphatic carbocycles. The van der Waals surface area contributed by atoms with Crippen LogP contribution in [0.1, 0.15) is 6.42 Å². The monoisotopic (exact) mass is 326 g/mol. The largest absolute Gasteiger partial charge is 0.497 e.